The summed E-state index contributed by atoms with van der Waals surface area (Å²) >= 11 is 0. The van der Waals surface area contributed by atoms with Crippen LogP contribution in [-0.4, -0.2) is 43.0 Å². The van der Waals surface area contributed by atoms with E-state index in [-0.39, 0.29) is 30.0 Å². The summed E-state index contributed by atoms with van der Waals surface area (Å²) in [7, 11) is 0. The fraction of sp³-hybridized carbons (Fsp3) is 0.636. The summed E-state index contributed by atoms with van der Waals surface area (Å²) in [5, 5.41) is 9.53. The molecule has 0 aliphatic carbocycles. The van der Waals surface area contributed by atoms with Crippen LogP contribution < -0.4 is 0 Å². The number of phenols is 1. The zero-order valence-corrected chi connectivity index (χ0v) is 17.3. The Morgan fingerprint density at radius 1 is 1.21 bits per heavy atom. The molecule has 6 heteroatoms. The number of esters is 1. The van der Waals surface area contributed by atoms with Crippen LogP contribution in [0.1, 0.15) is 63.7 Å². The molecule has 1 aliphatic rings. The quantitative estimate of drug-likeness (QED) is 0.671. The summed E-state index contributed by atoms with van der Waals surface area (Å²) in [5.74, 6) is -0.568. The van der Waals surface area contributed by atoms with Gasteiger partial charge in [-0.15, -0.1) is 0 Å². The van der Waals surface area contributed by atoms with E-state index in [1.54, 1.807) is 19.1 Å². The first-order valence-electron chi connectivity index (χ1n) is 9.86. The Kier molecular flexibility index (Phi) is 7.61. The highest BCUT2D eigenvalue weighted by Gasteiger charge is 2.41. The van der Waals surface area contributed by atoms with Crippen LogP contribution in [0.15, 0.2) is 24.3 Å². The lowest BCUT2D eigenvalue weighted by Gasteiger charge is -2.34. The summed E-state index contributed by atoms with van der Waals surface area (Å²) in [6.45, 7) is 8.38. The molecule has 0 bridgehead atoms. The van der Waals surface area contributed by atoms with Crippen molar-refractivity contribution >= 4 is 11.8 Å². The molecule has 1 aromatic carbocycles. The monoisotopic (exact) mass is 392 g/mol. The van der Waals surface area contributed by atoms with Gasteiger partial charge in [0.15, 0.2) is 6.29 Å². The Balaban J connectivity index is 2.01. The molecule has 1 aromatic rings. The van der Waals surface area contributed by atoms with Gasteiger partial charge in [0.05, 0.1) is 17.6 Å². The molecule has 1 aliphatic heterocycles. The van der Waals surface area contributed by atoms with Crippen molar-refractivity contribution in [3.05, 3.63) is 29.8 Å². The zero-order chi connectivity index (χ0) is 20.8. The number of phenolic OH excluding ortho intramolecular Hbond substituents is 1. The van der Waals surface area contributed by atoms with Gasteiger partial charge in [-0.25, -0.2) is 4.79 Å². The van der Waals surface area contributed by atoms with E-state index >= 15 is 0 Å². The molecular weight excluding hydrogens is 360 g/mol. The van der Waals surface area contributed by atoms with Crippen LogP contribution in [0.25, 0.3) is 0 Å². The van der Waals surface area contributed by atoms with Gasteiger partial charge in [0, 0.05) is 12.0 Å². The predicted molar refractivity (Wildman–Crippen MR) is 105 cm³/mol. The Hall–Kier alpha value is -1.92. The molecular formula is C22H32O6. The second-order valence-electron chi connectivity index (χ2n) is 8.68. The maximum absolute atomic E-state index is 13.1. The molecule has 2 atom stereocenters. The molecule has 2 rings (SSSR count). The lowest BCUT2D eigenvalue weighted by Crippen LogP contribution is -2.42. The number of ketones is 1. The molecule has 0 spiro atoms. The summed E-state index contributed by atoms with van der Waals surface area (Å²) < 4.78 is 16.8. The highest BCUT2D eigenvalue weighted by atomic mass is 16.7. The largest absolute Gasteiger partial charge is 0.508 e. The first-order valence-corrected chi connectivity index (χ1v) is 9.86. The molecule has 0 saturated carbocycles. The van der Waals surface area contributed by atoms with Crippen LogP contribution in [0.3, 0.4) is 0 Å². The number of Topliss-reactive ketones (excluding diaryl/α,β-unsaturated/α-hetero) is 1. The van der Waals surface area contributed by atoms with Crippen LogP contribution >= 0.6 is 0 Å². The molecule has 1 heterocycles. The number of rotatable bonds is 8. The summed E-state index contributed by atoms with van der Waals surface area (Å²) in [6.07, 6.45) is 3.18. The highest BCUT2D eigenvalue weighted by molar-refractivity contribution is 5.91. The maximum atomic E-state index is 13.1. The van der Waals surface area contributed by atoms with E-state index in [4.69, 9.17) is 14.2 Å². The second kappa shape index (κ2) is 9.52. The van der Waals surface area contributed by atoms with Crippen LogP contribution in [0.5, 0.6) is 5.75 Å². The van der Waals surface area contributed by atoms with Crippen LogP contribution in [-0.2, 0) is 19.0 Å². The maximum Gasteiger partial charge on any atom is 0.338 e. The Bertz CT molecular complexity index is 672. The molecule has 1 N–H and O–H groups in total. The minimum Gasteiger partial charge on any atom is -0.508 e. The lowest BCUT2D eigenvalue weighted by atomic mass is 9.72. The molecule has 0 radical (unpaired) electrons. The summed E-state index contributed by atoms with van der Waals surface area (Å²) in [6, 6.07) is 5.96. The number of carbonyl (C=O) groups is 2. The topological polar surface area (TPSA) is 82.1 Å². The van der Waals surface area contributed by atoms with Crippen molar-refractivity contribution in [2.45, 2.75) is 59.7 Å². The summed E-state index contributed by atoms with van der Waals surface area (Å²) in [4.78, 5) is 25.4. The van der Waals surface area contributed by atoms with Gasteiger partial charge in [-0.2, -0.15) is 0 Å². The van der Waals surface area contributed by atoms with Crippen molar-refractivity contribution < 1.29 is 28.9 Å². The van der Waals surface area contributed by atoms with Gasteiger partial charge in [0.2, 0.25) is 0 Å². The van der Waals surface area contributed by atoms with Gasteiger partial charge in [-0.1, -0.05) is 26.8 Å². The van der Waals surface area contributed by atoms with E-state index in [1.807, 2.05) is 20.8 Å². The smallest absolute Gasteiger partial charge is 0.338 e. The molecule has 1 saturated heterocycles. The number of benzene rings is 1. The number of hydrogen-bond donors (Lipinski definition) is 1. The molecule has 28 heavy (non-hydrogen) atoms. The van der Waals surface area contributed by atoms with Crippen LogP contribution in [0.2, 0.25) is 0 Å². The fourth-order valence-corrected chi connectivity index (χ4v) is 3.36. The van der Waals surface area contributed by atoms with Gasteiger partial charge in [0.25, 0.3) is 0 Å². The Morgan fingerprint density at radius 3 is 2.57 bits per heavy atom. The van der Waals surface area contributed by atoms with Crippen molar-refractivity contribution in [3.8, 4) is 5.75 Å². The minimum absolute atomic E-state index is 0.0103. The van der Waals surface area contributed by atoms with Crippen molar-refractivity contribution in [2.75, 3.05) is 19.8 Å². The lowest BCUT2D eigenvalue weighted by molar-refractivity contribution is -0.169. The van der Waals surface area contributed by atoms with E-state index in [0.29, 0.717) is 19.6 Å². The van der Waals surface area contributed by atoms with E-state index < -0.39 is 16.8 Å². The third kappa shape index (κ3) is 6.31. The van der Waals surface area contributed by atoms with Gasteiger partial charge in [0.1, 0.15) is 18.1 Å². The predicted octanol–water partition coefficient (Wildman–Crippen LogP) is 4.10. The van der Waals surface area contributed by atoms with Gasteiger partial charge in [-0.05, 0) is 50.8 Å². The van der Waals surface area contributed by atoms with E-state index in [0.717, 1.165) is 19.3 Å². The molecule has 0 amide bonds. The normalized spacial score (nSPS) is 19.6. The Labute approximate surface area is 167 Å². The molecule has 6 nitrogen and oxygen atoms in total. The minimum atomic E-state index is -0.876. The third-order valence-corrected chi connectivity index (χ3v) is 4.93. The Morgan fingerprint density at radius 2 is 1.96 bits per heavy atom. The number of carbonyl (C=O) groups excluding carboxylic acids is 2. The number of hydrogen-bond acceptors (Lipinski definition) is 6. The first kappa shape index (κ1) is 22.4. The highest BCUT2D eigenvalue weighted by Crippen LogP contribution is 2.33. The van der Waals surface area contributed by atoms with Crippen LogP contribution in [0.4, 0.5) is 0 Å². The zero-order valence-electron chi connectivity index (χ0n) is 17.3. The SMILES string of the molecule is CC(C)(C)C(=O)C(C)(CCOC1CCCCO1)COC(=O)c1cccc(O)c1. The van der Waals surface area contributed by atoms with Crippen molar-refractivity contribution in [3.63, 3.8) is 0 Å². The van der Waals surface area contributed by atoms with Gasteiger partial charge >= 0.3 is 5.97 Å². The third-order valence-electron chi connectivity index (χ3n) is 4.93. The van der Waals surface area contributed by atoms with Crippen LogP contribution in [0, 0.1) is 10.8 Å². The average Bonchev–Trinajstić information content (AvgIpc) is 2.65. The van der Waals surface area contributed by atoms with E-state index in [2.05, 4.69) is 0 Å². The van der Waals surface area contributed by atoms with Crippen molar-refractivity contribution in [2.24, 2.45) is 10.8 Å². The summed E-state index contributed by atoms with van der Waals surface area (Å²) in [5.41, 5.74) is -1.20. The first-order chi connectivity index (χ1) is 13.1. The second-order valence-corrected chi connectivity index (χ2v) is 8.68. The molecule has 0 aromatic heterocycles. The van der Waals surface area contributed by atoms with Crippen molar-refractivity contribution in [1.82, 2.24) is 0 Å². The average molecular weight is 392 g/mol. The van der Waals surface area contributed by atoms with Crippen molar-refractivity contribution in [1.29, 1.82) is 0 Å². The molecule has 156 valence electrons. The number of ether oxygens (including phenoxy) is 3. The van der Waals surface area contributed by atoms with Gasteiger partial charge in [-0.3, -0.25) is 4.79 Å². The molecule has 1 fully saturated rings. The van der Waals surface area contributed by atoms with E-state index in [9.17, 15) is 14.7 Å². The van der Waals surface area contributed by atoms with Gasteiger partial charge < -0.3 is 19.3 Å². The standard InChI is InChI=1S/C22H32O6/c1-21(2,3)20(25)22(4,11-13-27-18-10-5-6-12-26-18)15-28-19(24)16-8-7-9-17(23)14-16/h7-9,14,18,23H,5-6,10-13,15H2,1-4H3. The molecule has 2 unspecified atom stereocenters. The van der Waals surface area contributed by atoms with E-state index in [1.165, 1.54) is 12.1 Å². The fourth-order valence-electron chi connectivity index (χ4n) is 3.36. The number of aromatic hydroxyl groups is 1.